The van der Waals surface area contributed by atoms with Crippen LogP contribution in [0.3, 0.4) is 0 Å². The van der Waals surface area contributed by atoms with Gasteiger partial charge in [-0.2, -0.15) is 0 Å². The Hall–Kier alpha value is -1.87. The summed E-state index contributed by atoms with van der Waals surface area (Å²) in [6.07, 6.45) is 0. The van der Waals surface area contributed by atoms with E-state index in [1.54, 1.807) is 0 Å². The summed E-state index contributed by atoms with van der Waals surface area (Å²) < 4.78 is 5.78. The quantitative estimate of drug-likeness (QED) is 0.496. The molecule has 2 nitrogen and oxygen atoms in total. The molecular formula is C20H16Cl3NO. The summed E-state index contributed by atoms with van der Waals surface area (Å²) in [7, 11) is 0. The molecule has 0 aliphatic carbocycles. The Morgan fingerprint density at radius 1 is 0.760 bits per heavy atom. The smallest absolute Gasteiger partial charge is 0.156 e. The monoisotopic (exact) mass is 391 g/mol. The number of benzene rings is 3. The van der Waals surface area contributed by atoms with Crippen molar-refractivity contribution >= 4 is 40.5 Å². The van der Waals surface area contributed by atoms with Crippen LogP contribution in [0.15, 0.2) is 66.7 Å². The maximum Gasteiger partial charge on any atom is 0.156 e. The van der Waals surface area contributed by atoms with Crippen molar-refractivity contribution in [2.75, 3.05) is 5.32 Å². The third-order valence-corrected chi connectivity index (χ3v) is 4.44. The van der Waals surface area contributed by atoms with Crippen LogP contribution in [0.5, 0.6) is 5.75 Å². The first-order valence-electron chi connectivity index (χ1n) is 7.76. The second kappa shape index (κ2) is 8.48. The van der Waals surface area contributed by atoms with Crippen LogP contribution in [0.4, 0.5) is 5.69 Å². The molecule has 0 heterocycles. The third kappa shape index (κ3) is 5.05. The lowest BCUT2D eigenvalue weighted by molar-refractivity contribution is 0.306. The molecule has 0 radical (unpaired) electrons. The van der Waals surface area contributed by atoms with Crippen LogP contribution < -0.4 is 10.1 Å². The summed E-state index contributed by atoms with van der Waals surface area (Å²) in [4.78, 5) is 0. The highest BCUT2D eigenvalue weighted by Crippen LogP contribution is 2.35. The van der Waals surface area contributed by atoms with Gasteiger partial charge in [0.25, 0.3) is 0 Å². The van der Waals surface area contributed by atoms with Gasteiger partial charge in [-0.25, -0.2) is 0 Å². The Morgan fingerprint density at radius 3 is 2.04 bits per heavy atom. The molecular weight excluding hydrogens is 377 g/mol. The van der Waals surface area contributed by atoms with Gasteiger partial charge in [-0.05, 0) is 47.5 Å². The van der Waals surface area contributed by atoms with Crippen LogP contribution in [-0.2, 0) is 13.2 Å². The largest absolute Gasteiger partial charge is 0.486 e. The predicted octanol–water partition coefficient (Wildman–Crippen LogP) is 6.84. The molecule has 0 saturated carbocycles. The van der Waals surface area contributed by atoms with Gasteiger partial charge in [0.05, 0.1) is 10.0 Å². The van der Waals surface area contributed by atoms with E-state index >= 15 is 0 Å². The first kappa shape index (κ1) is 17.9. The predicted molar refractivity (Wildman–Crippen MR) is 106 cm³/mol. The molecule has 0 amide bonds. The van der Waals surface area contributed by atoms with Gasteiger partial charge < -0.3 is 10.1 Å². The van der Waals surface area contributed by atoms with Gasteiger partial charge in [0.1, 0.15) is 6.61 Å². The van der Waals surface area contributed by atoms with Crippen molar-refractivity contribution in [3.63, 3.8) is 0 Å². The van der Waals surface area contributed by atoms with E-state index in [-0.39, 0.29) is 0 Å². The third-order valence-electron chi connectivity index (χ3n) is 3.62. The molecule has 25 heavy (non-hydrogen) atoms. The summed E-state index contributed by atoms with van der Waals surface area (Å²) in [5.41, 5.74) is 3.02. The van der Waals surface area contributed by atoms with Gasteiger partial charge in [0.2, 0.25) is 0 Å². The number of anilines is 1. The number of nitrogens with one attached hydrogen (secondary N) is 1. The molecule has 0 spiro atoms. The molecule has 0 unspecified atom stereocenters. The number of ether oxygens (including phenoxy) is 1. The maximum atomic E-state index is 6.35. The van der Waals surface area contributed by atoms with Gasteiger partial charge in [-0.3, -0.25) is 0 Å². The highest BCUT2D eigenvalue weighted by Gasteiger charge is 2.10. The fourth-order valence-electron chi connectivity index (χ4n) is 2.35. The molecule has 0 bridgehead atoms. The summed E-state index contributed by atoms with van der Waals surface area (Å²) in [6.45, 7) is 0.999. The lowest BCUT2D eigenvalue weighted by Gasteiger charge is -2.13. The summed E-state index contributed by atoms with van der Waals surface area (Å²) in [5, 5.41) is 5.00. The molecule has 0 aromatic heterocycles. The zero-order valence-corrected chi connectivity index (χ0v) is 15.6. The van der Waals surface area contributed by atoms with E-state index in [4.69, 9.17) is 39.5 Å². The van der Waals surface area contributed by atoms with E-state index in [9.17, 15) is 0 Å². The molecule has 0 aliphatic rings. The minimum atomic E-state index is 0.373. The molecule has 0 aliphatic heterocycles. The summed E-state index contributed by atoms with van der Waals surface area (Å²) >= 11 is 18.6. The topological polar surface area (TPSA) is 21.3 Å². The van der Waals surface area contributed by atoms with Crippen LogP contribution in [0.2, 0.25) is 15.1 Å². The van der Waals surface area contributed by atoms with Crippen LogP contribution in [0.25, 0.3) is 0 Å². The van der Waals surface area contributed by atoms with Gasteiger partial charge in [-0.1, -0.05) is 65.1 Å². The van der Waals surface area contributed by atoms with Crippen molar-refractivity contribution in [1.82, 2.24) is 0 Å². The Bertz CT molecular complexity index is 812. The number of rotatable bonds is 6. The average Bonchev–Trinajstić information content (AvgIpc) is 2.62. The van der Waals surface area contributed by atoms with Crippen LogP contribution in [0, 0.1) is 0 Å². The number of hydrogen-bond donors (Lipinski definition) is 1. The van der Waals surface area contributed by atoms with Gasteiger partial charge in [0.15, 0.2) is 5.75 Å². The fraction of sp³-hybridized carbons (Fsp3) is 0.100. The zero-order chi connectivity index (χ0) is 17.6. The first-order chi connectivity index (χ1) is 12.1. The average molecular weight is 393 g/mol. The number of para-hydroxylation sites is 1. The minimum Gasteiger partial charge on any atom is -0.486 e. The zero-order valence-electron chi connectivity index (χ0n) is 13.3. The highest BCUT2D eigenvalue weighted by molar-refractivity contribution is 6.37. The maximum absolute atomic E-state index is 6.35. The molecule has 1 N–H and O–H groups in total. The van der Waals surface area contributed by atoms with Crippen molar-refractivity contribution in [2.24, 2.45) is 0 Å². The van der Waals surface area contributed by atoms with Crippen molar-refractivity contribution in [3.8, 4) is 5.75 Å². The lowest BCUT2D eigenvalue weighted by atomic mass is 10.2. The Kier molecular flexibility index (Phi) is 6.09. The van der Waals surface area contributed by atoms with Crippen LogP contribution in [0.1, 0.15) is 11.1 Å². The Balaban J connectivity index is 1.66. The Morgan fingerprint density at radius 2 is 1.40 bits per heavy atom. The first-order valence-corrected chi connectivity index (χ1v) is 8.89. The van der Waals surface area contributed by atoms with Gasteiger partial charge in [-0.15, -0.1) is 0 Å². The van der Waals surface area contributed by atoms with Crippen LogP contribution in [-0.4, -0.2) is 0 Å². The van der Waals surface area contributed by atoms with Crippen molar-refractivity contribution < 1.29 is 4.74 Å². The second-order valence-corrected chi connectivity index (χ2v) is 6.77. The molecule has 3 aromatic rings. The molecule has 3 aromatic carbocycles. The van der Waals surface area contributed by atoms with E-state index in [2.05, 4.69) is 5.32 Å². The molecule has 3 rings (SSSR count). The molecule has 5 heteroatoms. The highest BCUT2D eigenvalue weighted by atomic mass is 35.5. The van der Waals surface area contributed by atoms with Crippen molar-refractivity contribution in [2.45, 2.75) is 13.2 Å². The molecule has 0 atom stereocenters. The van der Waals surface area contributed by atoms with Gasteiger partial charge >= 0.3 is 0 Å². The number of halogens is 3. The normalized spacial score (nSPS) is 10.5. The van der Waals surface area contributed by atoms with E-state index in [1.807, 2.05) is 66.7 Å². The fourth-order valence-corrected chi connectivity index (χ4v) is 3.12. The van der Waals surface area contributed by atoms with Crippen molar-refractivity contribution in [1.29, 1.82) is 0 Å². The van der Waals surface area contributed by atoms with Gasteiger partial charge in [0, 0.05) is 17.3 Å². The summed E-state index contributed by atoms with van der Waals surface area (Å²) in [5.74, 6) is 0.488. The lowest BCUT2D eigenvalue weighted by Crippen LogP contribution is -2.01. The molecule has 0 fully saturated rings. The Labute approximate surface area is 162 Å². The van der Waals surface area contributed by atoms with E-state index in [1.165, 1.54) is 0 Å². The van der Waals surface area contributed by atoms with E-state index < -0.39 is 0 Å². The second-order valence-electron chi connectivity index (χ2n) is 5.52. The number of hydrogen-bond acceptors (Lipinski definition) is 2. The van der Waals surface area contributed by atoms with Crippen molar-refractivity contribution in [3.05, 3.63) is 92.9 Å². The standard InChI is InChI=1S/C20H16Cl3NO/c21-16-8-6-14(7-9-16)13-25-20-18(22)10-15(11-19(20)23)12-24-17-4-2-1-3-5-17/h1-11,24H,12-13H2. The van der Waals surface area contributed by atoms with E-state index in [0.717, 1.165) is 16.8 Å². The SMILES string of the molecule is Clc1ccc(COc2c(Cl)cc(CNc3ccccc3)cc2Cl)cc1. The van der Waals surface area contributed by atoms with E-state index in [0.29, 0.717) is 34.0 Å². The minimum absolute atomic E-state index is 0.373. The molecule has 0 saturated heterocycles. The summed E-state index contributed by atoms with van der Waals surface area (Å²) in [6, 6.07) is 21.1. The molecule has 128 valence electrons. The van der Waals surface area contributed by atoms with Crippen LogP contribution >= 0.6 is 34.8 Å².